The molecule has 1 aromatic heterocycles. The lowest BCUT2D eigenvalue weighted by molar-refractivity contribution is -0.135. The molecule has 0 saturated carbocycles. The van der Waals surface area contributed by atoms with E-state index in [4.69, 9.17) is 9.47 Å². The van der Waals surface area contributed by atoms with Crippen molar-refractivity contribution in [3.05, 3.63) is 56.9 Å². The molecule has 28 heavy (non-hydrogen) atoms. The van der Waals surface area contributed by atoms with Crippen LogP contribution in [0, 0.1) is 5.41 Å². The summed E-state index contributed by atoms with van der Waals surface area (Å²) in [5, 5.41) is 0. The van der Waals surface area contributed by atoms with E-state index >= 15 is 0 Å². The van der Waals surface area contributed by atoms with Gasteiger partial charge in [-0.15, -0.1) is 0 Å². The lowest BCUT2D eigenvalue weighted by Crippen LogP contribution is -2.47. The summed E-state index contributed by atoms with van der Waals surface area (Å²) in [6.45, 7) is 3.66. The third-order valence-corrected chi connectivity index (χ3v) is 5.40. The molecule has 1 fully saturated rings. The molecule has 1 N–H and O–H groups in total. The Morgan fingerprint density at radius 3 is 2.86 bits per heavy atom. The topological polar surface area (TPSA) is 93.6 Å². The lowest BCUT2D eigenvalue weighted by Gasteiger charge is -2.41. The van der Waals surface area contributed by atoms with E-state index in [1.54, 1.807) is 0 Å². The van der Waals surface area contributed by atoms with E-state index in [0.29, 0.717) is 13.1 Å². The first kappa shape index (κ1) is 18.3. The van der Waals surface area contributed by atoms with Crippen LogP contribution in [-0.2, 0) is 17.8 Å². The molecule has 3 heterocycles. The molecule has 1 amide bonds. The average molecular weight is 385 g/mol. The Labute approximate surface area is 161 Å². The summed E-state index contributed by atoms with van der Waals surface area (Å²) in [4.78, 5) is 39.7. The van der Waals surface area contributed by atoms with Gasteiger partial charge >= 0.3 is 5.69 Å². The molecule has 2 aromatic rings. The fraction of sp³-hybridized carbons (Fsp3) is 0.450. The number of nitrogens with one attached hydrogen (secondary N) is 1. The second-order valence-electron chi connectivity index (χ2n) is 7.83. The largest absolute Gasteiger partial charge is 0.454 e. The Kier molecular flexibility index (Phi) is 4.70. The van der Waals surface area contributed by atoms with Crippen molar-refractivity contribution in [1.82, 2.24) is 14.5 Å². The van der Waals surface area contributed by atoms with Crippen LogP contribution in [0.15, 0.2) is 40.1 Å². The van der Waals surface area contributed by atoms with E-state index in [9.17, 15) is 14.4 Å². The molecule has 2 aliphatic heterocycles. The van der Waals surface area contributed by atoms with Crippen LogP contribution in [-0.4, -0.2) is 40.2 Å². The molecule has 0 bridgehead atoms. The number of hydrogen-bond donors (Lipinski definition) is 1. The molecular formula is C20H23N3O5. The molecule has 0 spiro atoms. The van der Waals surface area contributed by atoms with E-state index in [0.717, 1.165) is 36.3 Å². The Balaban J connectivity index is 1.44. The molecule has 0 unspecified atom stereocenters. The molecular weight excluding hydrogens is 362 g/mol. The molecule has 8 heteroatoms. The van der Waals surface area contributed by atoms with Crippen molar-refractivity contribution < 1.29 is 14.3 Å². The second kappa shape index (κ2) is 7.18. The maximum absolute atomic E-state index is 12.7. The Bertz CT molecular complexity index is 1010. The highest BCUT2D eigenvalue weighted by molar-refractivity contribution is 5.76. The first-order chi connectivity index (χ1) is 13.4. The molecule has 148 valence electrons. The summed E-state index contributed by atoms with van der Waals surface area (Å²) in [7, 11) is 0. The van der Waals surface area contributed by atoms with Crippen LogP contribution < -0.4 is 20.7 Å². The van der Waals surface area contributed by atoms with Gasteiger partial charge in [-0.25, -0.2) is 4.79 Å². The first-order valence-electron chi connectivity index (χ1n) is 9.38. The van der Waals surface area contributed by atoms with E-state index in [-0.39, 0.29) is 24.7 Å². The number of H-pyrrole nitrogens is 1. The number of carbonyl (C=O) groups is 1. The fourth-order valence-electron chi connectivity index (χ4n) is 4.03. The second-order valence-corrected chi connectivity index (χ2v) is 7.83. The smallest absolute Gasteiger partial charge is 0.328 e. The van der Waals surface area contributed by atoms with Crippen molar-refractivity contribution >= 4 is 5.91 Å². The Hall–Kier alpha value is -3.03. The third kappa shape index (κ3) is 3.81. The van der Waals surface area contributed by atoms with Gasteiger partial charge in [0.1, 0.15) is 6.54 Å². The van der Waals surface area contributed by atoms with E-state index in [2.05, 4.69) is 11.9 Å². The van der Waals surface area contributed by atoms with Gasteiger partial charge in [0.05, 0.1) is 0 Å². The maximum atomic E-state index is 12.7. The van der Waals surface area contributed by atoms with Gasteiger partial charge in [0, 0.05) is 25.4 Å². The summed E-state index contributed by atoms with van der Waals surface area (Å²) in [5.41, 5.74) is 0.0549. The summed E-state index contributed by atoms with van der Waals surface area (Å²) < 4.78 is 12.1. The van der Waals surface area contributed by atoms with Crippen LogP contribution in [0.5, 0.6) is 11.5 Å². The van der Waals surface area contributed by atoms with Crippen molar-refractivity contribution in [2.45, 2.75) is 32.7 Å². The van der Waals surface area contributed by atoms with Gasteiger partial charge in [-0.05, 0) is 42.4 Å². The minimum atomic E-state index is -0.569. The number of benzene rings is 1. The van der Waals surface area contributed by atoms with Gasteiger partial charge in [-0.3, -0.25) is 19.1 Å². The molecule has 2 aliphatic rings. The molecule has 1 aromatic carbocycles. The maximum Gasteiger partial charge on any atom is 0.328 e. The lowest BCUT2D eigenvalue weighted by atomic mass is 9.77. The van der Waals surface area contributed by atoms with Gasteiger partial charge < -0.3 is 14.4 Å². The number of rotatable bonds is 4. The number of ether oxygens (including phenoxy) is 2. The standard InChI is InChI=1S/C20H23N3O5/c1-20(10-14-3-4-15-16(9-14)28-13-27-15)6-2-7-23(12-20)18(25)11-22-8-5-17(24)21-19(22)26/h3-5,8-9H,2,6-7,10-13H2,1H3,(H,21,24,26)/t20-/m0/s1. The third-order valence-electron chi connectivity index (χ3n) is 5.40. The number of nitrogens with zero attached hydrogens (tertiary/aromatic N) is 2. The number of aromatic nitrogens is 2. The van der Waals surface area contributed by atoms with Crippen molar-refractivity contribution in [3.8, 4) is 11.5 Å². The number of aromatic amines is 1. The number of likely N-dealkylation sites (tertiary alicyclic amines) is 1. The van der Waals surface area contributed by atoms with Crippen molar-refractivity contribution in [3.63, 3.8) is 0 Å². The number of carbonyl (C=O) groups excluding carboxylic acids is 1. The molecule has 8 nitrogen and oxygen atoms in total. The van der Waals surface area contributed by atoms with Crippen LogP contribution in [0.25, 0.3) is 0 Å². The van der Waals surface area contributed by atoms with E-state index in [1.165, 1.54) is 16.8 Å². The van der Waals surface area contributed by atoms with Crippen LogP contribution in [0.3, 0.4) is 0 Å². The first-order valence-corrected chi connectivity index (χ1v) is 9.38. The average Bonchev–Trinajstić information content (AvgIpc) is 3.11. The highest BCUT2D eigenvalue weighted by atomic mass is 16.7. The number of amides is 1. The predicted octanol–water partition coefficient (Wildman–Crippen LogP) is 1.14. The zero-order chi connectivity index (χ0) is 19.7. The van der Waals surface area contributed by atoms with Crippen molar-refractivity contribution in [2.24, 2.45) is 5.41 Å². The van der Waals surface area contributed by atoms with Crippen LogP contribution in [0.4, 0.5) is 0 Å². The zero-order valence-electron chi connectivity index (χ0n) is 15.8. The highest BCUT2D eigenvalue weighted by Gasteiger charge is 2.33. The van der Waals surface area contributed by atoms with E-state index in [1.807, 2.05) is 23.1 Å². The van der Waals surface area contributed by atoms with Gasteiger partial charge in [0.2, 0.25) is 12.7 Å². The fourth-order valence-corrected chi connectivity index (χ4v) is 4.03. The van der Waals surface area contributed by atoms with Crippen molar-refractivity contribution in [1.29, 1.82) is 0 Å². The number of hydrogen-bond acceptors (Lipinski definition) is 5. The van der Waals surface area contributed by atoms with E-state index < -0.39 is 11.2 Å². The predicted molar refractivity (Wildman–Crippen MR) is 102 cm³/mol. The minimum Gasteiger partial charge on any atom is -0.454 e. The normalized spacial score (nSPS) is 21.0. The van der Waals surface area contributed by atoms with Gasteiger partial charge in [0.15, 0.2) is 11.5 Å². The molecule has 4 rings (SSSR count). The molecule has 1 saturated heterocycles. The molecule has 0 radical (unpaired) electrons. The highest BCUT2D eigenvalue weighted by Crippen LogP contribution is 2.37. The molecule has 1 atom stereocenters. The number of piperidine rings is 1. The minimum absolute atomic E-state index is 0.0580. The SMILES string of the molecule is C[C@@]1(Cc2ccc3c(c2)OCO3)CCCN(C(=O)Cn2ccc(=O)[nH]c2=O)C1. The summed E-state index contributed by atoms with van der Waals surface area (Å²) in [6, 6.07) is 7.22. The van der Waals surface area contributed by atoms with Crippen LogP contribution >= 0.6 is 0 Å². The quantitative estimate of drug-likeness (QED) is 0.852. The number of fused-ring (bicyclic) bond motifs is 1. The Morgan fingerprint density at radius 2 is 2.04 bits per heavy atom. The summed E-state index contributed by atoms with van der Waals surface area (Å²) in [6.07, 6.45) is 4.11. The summed E-state index contributed by atoms with van der Waals surface area (Å²) in [5.74, 6) is 1.41. The van der Waals surface area contributed by atoms with Crippen LogP contribution in [0.2, 0.25) is 0 Å². The summed E-state index contributed by atoms with van der Waals surface area (Å²) >= 11 is 0. The van der Waals surface area contributed by atoms with Gasteiger partial charge in [-0.1, -0.05) is 13.0 Å². The monoisotopic (exact) mass is 385 g/mol. The Morgan fingerprint density at radius 1 is 1.21 bits per heavy atom. The molecule has 0 aliphatic carbocycles. The van der Waals surface area contributed by atoms with Gasteiger partial charge in [0.25, 0.3) is 5.56 Å². The van der Waals surface area contributed by atoms with Gasteiger partial charge in [-0.2, -0.15) is 0 Å². The van der Waals surface area contributed by atoms with Crippen LogP contribution in [0.1, 0.15) is 25.3 Å². The van der Waals surface area contributed by atoms with Crippen molar-refractivity contribution in [2.75, 3.05) is 19.9 Å². The zero-order valence-corrected chi connectivity index (χ0v) is 15.8.